The largest absolute Gasteiger partial charge is 0.444 e. The van der Waals surface area contributed by atoms with E-state index in [0.29, 0.717) is 41.8 Å². The van der Waals surface area contributed by atoms with Crippen LogP contribution in [-0.2, 0) is 22.7 Å². The number of carbonyl (C=O) groups is 4. The number of rotatable bonds is 10. The second kappa shape index (κ2) is 22.3. The van der Waals surface area contributed by atoms with E-state index in [1.807, 2.05) is 78.9 Å². The standard InChI is InChI=1S/C20H20INO3.C20H21NO4.CH2Cl2/c21-12-6-9-16-13-19(23)17-10-4-5-11-18(17)22(16)20(24)25-14-15-7-2-1-3-8-15;22-12-6-9-16-13-19(23)17-10-4-5-11-18(17)21(16)20(24)25-14-15-7-2-1-3-8-15;2-1-3/h1-5,7-8,10-11,16H,6,9,12-14H2;1-5,7-8,10-11,16,22H,6,9,12-14H2;1H2. The van der Waals surface area contributed by atoms with E-state index in [1.54, 1.807) is 40.1 Å². The van der Waals surface area contributed by atoms with Gasteiger partial charge in [-0.15, -0.1) is 23.2 Å². The Kier molecular flexibility index (Phi) is 17.6. The number of carbonyl (C=O) groups excluding carboxylic acids is 4. The van der Waals surface area contributed by atoms with Crippen molar-refractivity contribution in [2.45, 2.75) is 63.8 Å². The van der Waals surface area contributed by atoms with Crippen LogP contribution in [-0.4, -0.2) is 57.3 Å². The molecule has 0 aliphatic carbocycles. The normalized spacial score (nSPS) is 15.8. The molecule has 2 aliphatic heterocycles. The van der Waals surface area contributed by atoms with Crippen molar-refractivity contribution in [3.05, 3.63) is 131 Å². The molecule has 0 radical (unpaired) electrons. The third kappa shape index (κ3) is 12.0. The van der Waals surface area contributed by atoms with E-state index in [0.717, 1.165) is 28.4 Å². The predicted molar refractivity (Wildman–Crippen MR) is 218 cm³/mol. The molecule has 2 heterocycles. The zero-order valence-electron chi connectivity index (χ0n) is 29.3. The molecule has 1 N–H and O–H groups in total. The lowest BCUT2D eigenvalue weighted by Gasteiger charge is -2.35. The van der Waals surface area contributed by atoms with Gasteiger partial charge in [0.25, 0.3) is 0 Å². The fraction of sp³-hybridized carbons (Fsp3) is 0.317. The molecule has 2 atom stereocenters. The molecule has 0 saturated heterocycles. The maximum atomic E-state index is 12.8. The number of anilines is 2. The highest BCUT2D eigenvalue weighted by Gasteiger charge is 2.37. The summed E-state index contributed by atoms with van der Waals surface area (Å²) in [5.74, 6) is 0.117. The highest BCUT2D eigenvalue weighted by molar-refractivity contribution is 14.1. The highest BCUT2D eigenvalue weighted by Crippen LogP contribution is 2.34. The van der Waals surface area contributed by atoms with E-state index in [4.69, 9.17) is 37.8 Å². The molecule has 2 amide bonds. The first-order valence-electron chi connectivity index (χ1n) is 17.4. The molecular weight excluding hydrogens is 830 g/mol. The van der Waals surface area contributed by atoms with Gasteiger partial charge in [-0.25, -0.2) is 9.59 Å². The number of halogens is 3. The zero-order chi connectivity index (χ0) is 38.0. The van der Waals surface area contributed by atoms with Gasteiger partial charge in [-0.1, -0.05) is 108 Å². The van der Waals surface area contributed by atoms with Crippen LogP contribution in [0.3, 0.4) is 0 Å². The second-order valence-electron chi connectivity index (χ2n) is 12.2. The van der Waals surface area contributed by atoms with Crippen molar-refractivity contribution >= 4 is 80.9 Å². The van der Waals surface area contributed by atoms with Gasteiger partial charge in [0.2, 0.25) is 0 Å². The maximum Gasteiger partial charge on any atom is 0.414 e. The number of aliphatic hydroxyl groups is 1. The lowest BCUT2D eigenvalue weighted by atomic mass is 9.92. The first kappa shape index (κ1) is 41.8. The molecular formula is C41H43Cl2IN2O7. The van der Waals surface area contributed by atoms with Crippen LogP contribution in [0.1, 0.15) is 70.4 Å². The minimum absolute atomic E-state index is 0.0191. The van der Waals surface area contributed by atoms with E-state index in [2.05, 4.69) is 22.6 Å². The van der Waals surface area contributed by atoms with Crippen LogP contribution in [0, 0.1) is 0 Å². The summed E-state index contributed by atoms with van der Waals surface area (Å²) < 4.78 is 12.0. The first-order valence-corrected chi connectivity index (χ1v) is 19.9. The van der Waals surface area contributed by atoms with Crippen molar-refractivity contribution < 1.29 is 33.8 Å². The third-order valence-electron chi connectivity index (χ3n) is 8.67. The highest BCUT2D eigenvalue weighted by atomic mass is 127. The third-order valence-corrected chi connectivity index (χ3v) is 9.43. The minimum Gasteiger partial charge on any atom is -0.444 e. The van der Waals surface area contributed by atoms with Gasteiger partial charge in [0.1, 0.15) is 13.2 Å². The van der Waals surface area contributed by atoms with Gasteiger partial charge in [-0.3, -0.25) is 19.4 Å². The molecule has 4 aromatic rings. The Morgan fingerprint density at radius 2 is 1.02 bits per heavy atom. The van der Waals surface area contributed by atoms with Crippen LogP contribution < -0.4 is 9.80 Å². The Labute approximate surface area is 334 Å². The summed E-state index contributed by atoms with van der Waals surface area (Å²) in [6.45, 7) is 0.434. The van der Waals surface area contributed by atoms with Crippen LogP contribution in [0.25, 0.3) is 0 Å². The number of nitrogens with zero attached hydrogens (tertiary/aromatic N) is 2. The summed E-state index contributed by atoms with van der Waals surface area (Å²) in [5, 5.41) is 9.31. The van der Waals surface area contributed by atoms with Crippen LogP contribution >= 0.6 is 45.8 Å². The summed E-state index contributed by atoms with van der Waals surface area (Å²) in [5.41, 5.74) is 4.24. The topological polar surface area (TPSA) is 113 Å². The lowest BCUT2D eigenvalue weighted by molar-refractivity contribution is 0.0948. The van der Waals surface area contributed by atoms with E-state index >= 15 is 0 Å². The molecule has 9 nitrogen and oxygen atoms in total. The number of hydrogen-bond donors (Lipinski definition) is 1. The van der Waals surface area contributed by atoms with E-state index in [9.17, 15) is 19.2 Å². The Morgan fingerprint density at radius 1 is 0.642 bits per heavy atom. The number of aliphatic hydroxyl groups excluding tert-OH is 1. The lowest BCUT2D eigenvalue weighted by Crippen LogP contribution is -2.45. The van der Waals surface area contributed by atoms with Gasteiger partial charge in [-0.05, 0) is 65.5 Å². The fourth-order valence-corrected chi connectivity index (χ4v) is 6.68. The van der Waals surface area contributed by atoms with Crippen molar-refractivity contribution in [1.82, 2.24) is 0 Å². The molecule has 53 heavy (non-hydrogen) atoms. The number of Topliss-reactive ketones (excluding diaryl/α,β-unsaturated/α-hetero) is 2. The average molecular weight is 874 g/mol. The molecule has 280 valence electrons. The molecule has 0 saturated carbocycles. The van der Waals surface area contributed by atoms with Gasteiger partial charge in [0.05, 0.1) is 16.7 Å². The first-order chi connectivity index (χ1) is 25.8. The molecule has 6 rings (SSSR count). The van der Waals surface area contributed by atoms with Crippen LogP contribution in [0.4, 0.5) is 21.0 Å². The Hall–Kier alpha value is -3.97. The van der Waals surface area contributed by atoms with Crippen LogP contribution in [0.15, 0.2) is 109 Å². The number of ketones is 2. The molecule has 0 aromatic heterocycles. The Morgan fingerprint density at radius 3 is 1.42 bits per heavy atom. The Bertz CT molecular complexity index is 1650. The van der Waals surface area contributed by atoms with Crippen molar-refractivity contribution in [2.75, 3.05) is 26.2 Å². The van der Waals surface area contributed by atoms with Crippen LogP contribution in [0.2, 0.25) is 0 Å². The second-order valence-corrected chi connectivity index (χ2v) is 14.1. The van der Waals surface area contributed by atoms with E-state index in [-0.39, 0.29) is 61.3 Å². The Balaban J connectivity index is 0.000000220. The van der Waals surface area contributed by atoms with E-state index in [1.165, 1.54) is 0 Å². The van der Waals surface area contributed by atoms with Gasteiger partial charge in [0, 0.05) is 42.7 Å². The number of ether oxygens (including phenoxy) is 2. The van der Waals surface area contributed by atoms with Gasteiger partial charge in [0.15, 0.2) is 11.6 Å². The number of fused-ring (bicyclic) bond motifs is 2. The van der Waals surface area contributed by atoms with Crippen molar-refractivity contribution in [1.29, 1.82) is 0 Å². The SMILES string of the molecule is ClCCl.O=C1CC(CCCI)N(C(=O)OCc2ccccc2)c2ccccc21.O=C1CC(CCCO)N(C(=O)OCc2ccccc2)c2ccccc21. The van der Waals surface area contributed by atoms with E-state index < -0.39 is 6.09 Å². The molecule has 0 fully saturated rings. The molecule has 2 aliphatic rings. The summed E-state index contributed by atoms with van der Waals surface area (Å²) in [6, 6.07) is 33.0. The van der Waals surface area contributed by atoms with Crippen molar-refractivity contribution in [3.8, 4) is 0 Å². The molecule has 2 unspecified atom stereocenters. The zero-order valence-corrected chi connectivity index (χ0v) is 32.9. The summed E-state index contributed by atoms with van der Waals surface area (Å²) >= 11 is 11.8. The molecule has 0 spiro atoms. The fourth-order valence-electron chi connectivity index (χ4n) is 6.24. The van der Waals surface area contributed by atoms with Crippen molar-refractivity contribution in [3.63, 3.8) is 0 Å². The number of amides is 2. The number of alkyl halides is 3. The molecule has 0 bridgehead atoms. The van der Waals surface area contributed by atoms with Crippen LogP contribution in [0.5, 0.6) is 0 Å². The van der Waals surface area contributed by atoms with Gasteiger partial charge in [-0.2, -0.15) is 0 Å². The number of hydrogen-bond acceptors (Lipinski definition) is 7. The summed E-state index contributed by atoms with van der Waals surface area (Å²) in [4.78, 5) is 53.6. The average Bonchev–Trinajstić information content (AvgIpc) is 3.19. The predicted octanol–water partition coefficient (Wildman–Crippen LogP) is 9.98. The van der Waals surface area contributed by atoms with Gasteiger partial charge < -0.3 is 14.6 Å². The van der Waals surface area contributed by atoms with Gasteiger partial charge >= 0.3 is 12.2 Å². The quantitative estimate of drug-likeness (QED) is 0.125. The minimum atomic E-state index is -0.466. The molecule has 12 heteroatoms. The maximum absolute atomic E-state index is 12.8. The number of para-hydroxylation sites is 2. The van der Waals surface area contributed by atoms with Crippen molar-refractivity contribution in [2.24, 2.45) is 0 Å². The summed E-state index contributed by atoms with van der Waals surface area (Å²) in [6.07, 6.45) is 2.59. The molecule has 4 aromatic carbocycles. The smallest absolute Gasteiger partial charge is 0.414 e. The monoisotopic (exact) mass is 872 g/mol. The summed E-state index contributed by atoms with van der Waals surface area (Å²) in [7, 11) is 0. The number of benzene rings is 4.